The van der Waals surface area contributed by atoms with Crippen LogP contribution in [0.3, 0.4) is 0 Å². The van der Waals surface area contributed by atoms with Gasteiger partial charge in [0.05, 0.1) is 0 Å². The van der Waals surface area contributed by atoms with E-state index in [-0.39, 0.29) is 7.25 Å². The predicted molar refractivity (Wildman–Crippen MR) is 221 cm³/mol. The molecule has 3 atom stereocenters. The Labute approximate surface area is 306 Å². The number of hydrogen-bond donors (Lipinski definition) is 0. The maximum atomic E-state index is 8.80. The molecule has 0 aliphatic heterocycles. The molecule has 6 aromatic rings. The van der Waals surface area contributed by atoms with Crippen molar-refractivity contribution >= 4 is 56.6 Å². The van der Waals surface area contributed by atoms with Gasteiger partial charge in [-0.05, 0) is 0 Å². The van der Waals surface area contributed by atoms with Gasteiger partial charge in [-0.2, -0.15) is 0 Å². The average Bonchev–Trinajstić information content (AvgIpc) is 3.71. The van der Waals surface area contributed by atoms with Crippen molar-refractivity contribution in [1.29, 1.82) is 0 Å². The molecule has 0 nitrogen and oxygen atoms in total. The van der Waals surface area contributed by atoms with Crippen LogP contribution in [0, 0.1) is 12.8 Å². The Balaban J connectivity index is 1.38. The van der Waals surface area contributed by atoms with E-state index in [9.17, 15) is 0 Å². The molecule has 251 valence electrons. The summed E-state index contributed by atoms with van der Waals surface area (Å²) in [6.07, 6.45) is 6.03. The van der Waals surface area contributed by atoms with E-state index in [2.05, 4.69) is 168 Å². The second-order valence-corrected chi connectivity index (χ2v) is 57.7. The van der Waals surface area contributed by atoms with Crippen LogP contribution in [0.15, 0.2) is 126 Å². The average molecular weight is 788 g/mol. The van der Waals surface area contributed by atoms with Crippen molar-refractivity contribution in [2.75, 3.05) is 0 Å². The Morgan fingerprint density at radius 1 is 0.620 bits per heavy atom. The second kappa shape index (κ2) is 12.6. The van der Waals surface area contributed by atoms with Crippen LogP contribution < -0.4 is 0 Å². The molecule has 0 radical (unpaired) electrons. The Kier molecular flexibility index (Phi) is 8.59. The molecule has 50 heavy (non-hydrogen) atoms. The van der Waals surface area contributed by atoms with E-state index < -0.39 is 21.5 Å². The first-order valence-electron chi connectivity index (χ1n) is 18.2. The molecule has 4 heteroatoms. The van der Waals surface area contributed by atoms with Crippen LogP contribution in [-0.4, -0.2) is 5.92 Å². The number of fused-ring (bicyclic) bond motifs is 4. The molecule has 0 spiro atoms. The van der Waals surface area contributed by atoms with Crippen molar-refractivity contribution in [2.24, 2.45) is 5.92 Å². The third-order valence-electron chi connectivity index (χ3n) is 12.3. The number of aryl methyl sites for hydroxylation is 1. The third-order valence-corrected chi connectivity index (χ3v) is 64.2. The molecule has 3 unspecified atom stereocenters. The number of halogens is 2. The van der Waals surface area contributed by atoms with Crippen LogP contribution in [0.4, 0.5) is 0 Å². The molecule has 0 aromatic heterocycles. The topological polar surface area (TPSA) is 0 Å². The first-order chi connectivity index (χ1) is 24.0. The van der Waals surface area contributed by atoms with Gasteiger partial charge in [-0.15, -0.1) is 0 Å². The van der Waals surface area contributed by atoms with E-state index in [1.165, 1.54) is 82.8 Å². The third kappa shape index (κ3) is 5.00. The molecule has 0 amide bonds. The van der Waals surface area contributed by atoms with E-state index in [0.717, 1.165) is 6.42 Å². The van der Waals surface area contributed by atoms with Gasteiger partial charge < -0.3 is 0 Å². The van der Waals surface area contributed by atoms with Crippen molar-refractivity contribution in [3.05, 3.63) is 154 Å². The molecule has 8 rings (SSSR count). The molecule has 0 fully saturated rings. The van der Waals surface area contributed by atoms with Gasteiger partial charge in [-0.3, -0.25) is 0 Å². The zero-order chi connectivity index (χ0) is 35.0. The van der Waals surface area contributed by atoms with Crippen LogP contribution in [0.2, 0.25) is 13.1 Å². The number of benzene rings is 6. The monoisotopic (exact) mass is 785 g/mol. The Morgan fingerprint density at radius 3 is 1.76 bits per heavy atom. The summed E-state index contributed by atoms with van der Waals surface area (Å²) in [5.41, 5.74) is 14.6. The van der Waals surface area contributed by atoms with Crippen LogP contribution >= 0.6 is 17.0 Å². The van der Waals surface area contributed by atoms with Crippen LogP contribution in [-0.2, 0) is 15.6 Å². The molecular formula is C46H45Cl2SiZr. The SMILES string of the molecule is CCC(C)C1=Cc2c(-c3cccc4ccccc34)cccc2[CH]1[Zr]([Cl])([Cl])([CH]1C(C)=Cc2c(-c3cccc4ccccc34)ccc(C)c21)[SiH](C)C. The fourth-order valence-electron chi connectivity index (χ4n) is 9.46. The Hall–Kier alpha value is -3.00. The summed E-state index contributed by atoms with van der Waals surface area (Å²) >= 11 is -4.94. The molecule has 6 aromatic carbocycles. The Bertz CT molecular complexity index is 2390. The second-order valence-electron chi connectivity index (χ2n) is 15.2. The summed E-state index contributed by atoms with van der Waals surface area (Å²) < 4.78 is 0.118. The van der Waals surface area contributed by atoms with Gasteiger partial charge in [-0.1, -0.05) is 0 Å². The first kappa shape index (κ1) is 34.1. The van der Waals surface area contributed by atoms with Crippen molar-refractivity contribution in [1.82, 2.24) is 0 Å². The van der Waals surface area contributed by atoms with E-state index >= 15 is 0 Å². The fourth-order valence-corrected chi connectivity index (χ4v) is 41.6. The van der Waals surface area contributed by atoms with Crippen LogP contribution in [0.1, 0.15) is 62.3 Å². The normalized spacial score (nSPS) is 18.5. The van der Waals surface area contributed by atoms with E-state index in [1.54, 1.807) is 0 Å². The molecule has 0 bridgehead atoms. The van der Waals surface area contributed by atoms with Crippen molar-refractivity contribution < 1.29 is 15.6 Å². The zero-order valence-electron chi connectivity index (χ0n) is 29.9. The summed E-state index contributed by atoms with van der Waals surface area (Å²) in [5.74, 6) is -1.32. The standard InChI is InChI=1S/C23H21.C21H17.C2H7Si.2ClH.Zr/c1-3-16(2)19-14-18-10-7-13-22(23(18)15-19)21-12-6-9-17-8-4-5-11-20(17)21;1-14-12-20-15(2)10-11-19(21(20)13-14)18-9-5-7-16-6-3-4-8-17(16)18;1-3-2;;;/h4-16H,3H2,1-2H3;3-13H,1-2H3;3H,1-2H3;2*1H;/q;;;;;+2/p-2. The molecule has 0 heterocycles. The number of allylic oxidation sites excluding steroid dienone is 2. The number of hydrogen-bond acceptors (Lipinski definition) is 0. The van der Waals surface area contributed by atoms with E-state index in [1.807, 2.05) is 0 Å². The Morgan fingerprint density at radius 2 is 1.16 bits per heavy atom. The summed E-state index contributed by atoms with van der Waals surface area (Å²) in [5, 5.41) is 5.09. The minimum absolute atomic E-state index is 0.0565. The summed E-state index contributed by atoms with van der Waals surface area (Å²) in [7, 11) is 17.6. The minimum atomic E-state index is -4.94. The maximum absolute atomic E-state index is 8.80. The first-order valence-corrected chi connectivity index (χ1v) is 34.5. The van der Waals surface area contributed by atoms with Crippen LogP contribution in [0.5, 0.6) is 0 Å². The van der Waals surface area contributed by atoms with E-state index in [0.29, 0.717) is 5.92 Å². The fraction of sp³-hybridized carbons (Fsp3) is 0.217. The summed E-state index contributed by atoms with van der Waals surface area (Å²) in [6.45, 7) is 14.2. The van der Waals surface area contributed by atoms with Crippen LogP contribution in [0.25, 0.3) is 56.0 Å². The molecule has 2 aliphatic carbocycles. The molecule has 0 saturated carbocycles. The molecule has 2 aliphatic rings. The number of rotatable bonds is 7. The van der Waals surface area contributed by atoms with Gasteiger partial charge >= 0.3 is 309 Å². The van der Waals surface area contributed by atoms with Gasteiger partial charge in [0.2, 0.25) is 0 Å². The van der Waals surface area contributed by atoms with Gasteiger partial charge in [0, 0.05) is 0 Å². The van der Waals surface area contributed by atoms with Crippen molar-refractivity contribution in [2.45, 2.75) is 54.5 Å². The van der Waals surface area contributed by atoms with E-state index in [4.69, 9.17) is 17.0 Å². The van der Waals surface area contributed by atoms with Gasteiger partial charge in [-0.25, -0.2) is 0 Å². The van der Waals surface area contributed by atoms with Crippen molar-refractivity contribution in [3.8, 4) is 22.3 Å². The molecule has 0 N–H and O–H groups in total. The van der Waals surface area contributed by atoms with Gasteiger partial charge in [0.1, 0.15) is 0 Å². The summed E-state index contributed by atoms with van der Waals surface area (Å²) in [4.78, 5) is 0. The molecule has 0 saturated heterocycles. The van der Waals surface area contributed by atoms with Crippen molar-refractivity contribution in [3.63, 3.8) is 0 Å². The van der Waals surface area contributed by atoms with Gasteiger partial charge in [0.25, 0.3) is 0 Å². The van der Waals surface area contributed by atoms with Gasteiger partial charge in [0.15, 0.2) is 0 Å². The summed E-state index contributed by atoms with van der Waals surface area (Å²) in [6, 6.07) is 42.4. The quantitative estimate of drug-likeness (QED) is 0.141. The predicted octanol–water partition coefficient (Wildman–Crippen LogP) is 14.3. The zero-order valence-corrected chi connectivity index (χ0v) is 35.0. The molecular weight excluding hydrogens is 743 g/mol.